The average Bonchev–Trinajstić information content (AvgIpc) is 2.76. The van der Waals surface area contributed by atoms with Crippen molar-refractivity contribution in [2.45, 2.75) is 13.5 Å². The number of benzene rings is 1. The number of carbonyl (C=O) groups is 1. The Labute approximate surface area is 126 Å². The van der Waals surface area contributed by atoms with Gasteiger partial charge in [-0.3, -0.25) is 9.48 Å². The van der Waals surface area contributed by atoms with E-state index in [0.29, 0.717) is 17.9 Å². The van der Waals surface area contributed by atoms with E-state index in [2.05, 4.69) is 26.3 Å². The Balaban J connectivity index is 2.05. The number of amides is 1. The van der Waals surface area contributed by atoms with Crippen LogP contribution in [0.1, 0.15) is 21.6 Å². The van der Waals surface area contributed by atoms with Gasteiger partial charge in [-0.05, 0) is 41.1 Å². The van der Waals surface area contributed by atoms with Crippen LogP contribution >= 0.6 is 15.9 Å². The number of aryl methyl sites for hydroxylation is 1. The van der Waals surface area contributed by atoms with Crippen LogP contribution < -0.4 is 10.1 Å². The number of aromatic nitrogens is 2. The SMILES string of the molecule is COc1ccc(C(=O)NCc2cnn(C)c2C)cc1Br. The predicted octanol–water partition coefficient (Wildman–Crippen LogP) is 2.43. The van der Waals surface area contributed by atoms with Crippen molar-refractivity contribution in [3.63, 3.8) is 0 Å². The largest absolute Gasteiger partial charge is 0.496 e. The zero-order valence-electron chi connectivity index (χ0n) is 11.6. The Morgan fingerprint density at radius 1 is 1.50 bits per heavy atom. The smallest absolute Gasteiger partial charge is 0.251 e. The second-order valence-electron chi connectivity index (χ2n) is 4.41. The van der Waals surface area contributed by atoms with Gasteiger partial charge in [0, 0.05) is 30.4 Å². The topological polar surface area (TPSA) is 56.1 Å². The lowest BCUT2D eigenvalue weighted by Gasteiger charge is -2.07. The Morgan fingerprint density at radius 2 is 2.25 bits per heavy atom. The molecular weight excluding hydrogens is 322 g/mol. The van der Waals surface area contributed by atoms with E-state index in [1.165, 1.54) is 0 Å². The third-order valence-electron chi connectivity index (χ3n) is 3.19. The highest BCUT2D eigenvalue weighted by molar-refractivity contribution is 9.10. The highest BCUT2D eigenvalue weighted by atomic mass is 79.9. The van der Waals surface area contributed by atoms with Gasteiger partial charge < -0.3 is 10.1 Å². The molecule has 1 N–H and O–H groups in total. The molecule has 5 nitrogen and oxygen atoms in total. The summed E-state index contributed by atoms with van der Waals surface area (Å²) in [6.07, 6.45) is 1.76. The number of halogens is 1. The highest BCUT2D eigenvalue weighted by Crippen LogP contribution is 2.25. The molecule has 2 aromatic rings. The zero-order valence-corrected chi connectivity index (χ0v) is 13.2. The van der Waals surface area contributed by atoms with E-state index in [0.717, 1.165) is 15.7 Å². The molecule has 0 aliphatic rings. The van der Waals surface area contributed by atoms with Crippen LogP contribution in [0.2, 0.25) is 0 Å². The molecule has 0 aliphatic heterocycles. The Kier molecular flexibility index (Phi) is 4.44. The summed E-state index contributed by atoms with van der Waals surface area (Å²) in [4.78, 5) is 12.1. The molecule has 6 heteroatoms. The molecule has 2 rings (SSSR count). The summed E-state index contributed by atoms with van der Waals surface area (Å²) in [5.41, 5.74) is 2.63. The van der Waals surface area contributed by atoms with Gasteiger partial charge in [-0.1, -0.05) is 0 Å². The minimum absolute atomic E-state index is 0.128. The maximum atomic E-state index is 12.1. The van der Waals surface area contributed by atoms with E-state index < -0.39 is 0 Å². The molecule has 0 fully saturated rings. The van der Waals surface area contributed by atoms with Crippen LogP contribution in [0.4, 0.5) is 0 Å². The van der Waals surface area contributed by atoms with Crippen molar-refractivity contribution >= 4 is 21.8 Å². The van der Waals surface area contributed by atoms with E-state index in [9.17, 15) is 4.79 Å². The van der Waals surface area contributed by atoms with Gasteiger partial charge in [0.05, 0.1) is 17.8 Å². The Morgan fingerprint density at radius 3 is 2.80 bits per heavy atom. The number of hydrogen-bond acceptors (Lipinski definition) is 3. The normalized spacial score (nSPS) is 10.4. The second-order valence-corrected chi connectivity index (χ2v) is 5.27. The van der Waals surface area contributed by atoms with E-state index in [4.69, 9.17) is 4.74 Å². The highest BCUT2D eigenvalue weighted by Gasteiger charge is 2.10. The number of nitrogens with zero attached hydrogens (tertiary/aromatic N) is 2. The van der Waals surface area contributed by atoms with Gasteiger partial charge in [-0.15, -0.1) is 0 Å². The van der Waals surface area contributed by atoms with E-state index in [-0.39, 0.29) is 5.91 Å². The van der Waals surface area contributed by atoms with Crippen LogP contribution in [-0.2, 0) is 13.6 Å². The van der Waals surface area contributed by atoms with Crippen molar-refractivity contribution in [3.8, 4) is 5.75 Å². The summed E-state index contributed by atoms with van der Waals surface area (Å²) in [5.74, 6) is 0.571. The van der Waals surface area contributed by atoms with Gasteiger partial charge in [-0.2, -0.15) is 5.10 Å². The molecule has 0 radical (unpaired) electrons. The van der Waals surface area contributed by atoms with Gasteiger partial charge in [0.1, 0.15) is 5.75 Å². The first-order valence-electron chi connectivity index (χ1n) is 6.12. The van der Waals surface area contributed by atoms with Crippen LogP contribution in [0.5, 0.6) is 5.75 Å². The third-order valence-corrected chi connectivity index (χ3v) is 3.81. The molecule has 0 spiro atoms. The zero-order chi connectivity index (χ0) is 14.7. The first kappa shape index (κ1) is 14.6. The lowest BCUT2D eigenvalue weighted by molar-refractivity contribution is 0.0951. The number of rotatable bonds is 4. The van der Waals surface area contributed by atoms with Crippen molar-refractivity contribution in [2.24, 2.45) is 7.05 Å². The maximum absolute atomic E-state index is 12.1. The summed E-state index contributed by atoms with van der Waals surface area (Å²) < 4.78 is 7.68. The fraction of sp³-hybridized carbons (Fsp3) is 0.286. The molecule has 0 unspecified atom stereocenters. The number of carbonyl (C=O) groups excluding carboxylic acids is 1. The molecule has 20 heavy (non-hydrogen) atoms. The summed E-state index contributed by atoms with van der Waals surface area (Å²) in [6.45, 7) is 2.43. The minimum atomic E-state index is -0.128. The summed E-state index contributed by atoms with van der Waals surface area (Å²) in [6, 6.07) is 5.23. The lowest BCUT2D eigenvalue weighted by Crippen LogP contribution is -2.23. The molecule has 1 aromatic carbocycles. The van der Waals surface area contributed by atoms with Crippen molar-refractivity contribution < 1.29 is 9.53 Å². The first-order chi connectivity index (χ1) is 9.52. The van der Waals surface area contributed by atoms with E-state index in [1.807, 2.05) is 14.0 Å². The molecule has 106 valence electrons. The molecule has 0 saturated heterocycles. The monoisotopic (exact) mass is 337 g/mol. The third kappa shape index (κ3) is 3.01. The molecule has 1 aromatic heterocycles. The lowest BCUT2D eigenvalue weighted by atomic mass is 10.2. The van der Waals surface area contributed by atoms with Gasteiger partial charge in [0.2, 0.25) is 0 Å². The number of ether oxygens (including phenoxy) is 1. The van der Waals surface area contributed by atoms with Crippen molar-refractivity contribution in [1.82, 2.24) is 15.1 Å². The van der Waals surface area contributed by atoms with Gasteiger partial charge in [0.25, 0.3) is 5.91 Å². The molecular formula is C14H16BrN3O2. The number of nitrogens with one attached hydrogen (secondary N) is 1. The summed E-state index contributed by atoms with van der Waals surface area (Å²) >= 11 is 3.37. The molecule has 1 amide bonds. The number of methoxy groups -OCH3 is 1. The molecule has 0 saturated carbocycles. The Bertz CT molecular complexity index is 637. The standard InChI is InChI=1S/C14H16BrN3O2/c1-9-11(8-17-18(9)2)7-16-14(19)10-4-5-13(20-3)12(15)6-10/h4-6,8H,7H2,1-3H3,(H,16,19). The number of hydrogen-bond donors (Lipinski definition) is 1. The van der Waals surface area contributed by atoms with Crippen LogP contribution in [0.3, 0.4) is 0 Å². The Hall–Kier alpha value is -1.82. The van der Waals surface area contributed by atoms with Crippen LogP contribution in [-0.4, -0.2) is 22.8 Å². The molecule has 0 atom stereocenters. The van der Waals surface area contributed by atoms with Gasteiger partial charge in [0.15, 0.2) is 0 Å². The van der Waals surface area contributed by atoms with Crippen molar-refractivity contribution in [1.29, 1.82) is 0 Å². The van der Waals surface area contributed by atoms with Crippen molar-refractivity contribution in [2.75, 3.05) is 7.11 Å². The second kappa shape index (κ2) is 6.09. The maximum Gasteiger partial charge on any atom is 0.251 e. The molecule has 1 heterocycles. The van der Waals surface area contributed by atoms with E-state index >= 15 is 0 Å². The fourth-order valence-electron chi connectivity index (χ4n) is 1.80. The summed E-state index contributed by atoms with van der Waals surface area (Å²) in [7, 11) is 3.46. The van der Waals surface area contributed by atoms with Crippen molar-refractivity contribution in [3.05, 3.63) is 45.7 Å². The minimum Gasteiger partial charge on any atom is -0.496 e. The molecule has 0 bridgehead atoms. The average molecular weight is 338 g/mol. The van der Waals surface area contributed by atoms with Crippen LogP contribution in [0, 0.1) is 6.92 Å². The van der Waals surface area contributed by atoms with Crippen LogP contribution in [0.15, 0.2) is 28.9 Å². The van der Waals surface area contributed by atoms with Gasteiger partial charge >= 0.3 is 0 Å². The fourth-order valence-corrected chi connectivity index (χ4v) is 2.34. The van der Waals surface area contributed by atoms with E-state index in [1.54, 1.807) is 36.2 Å². The summed E-state index contributed by atoms with van der Waals surface area (Å²) in [5, 5.41) is 7.03. The van der Waals surface area contributed by atoms with Crippen LogP contribution in [0.25, 0.3) is 0 Å². The molecule has 0 aliphatic carbocycles. The van der Waals surface area contributed by atoms with Gasteiger partial charge in [-0.25, -0.2) is 0 Å². The first-order valence-corrected chi connectivity index (χ1v) is 6.91. The predicted molar refractivity (Wildman–Crippen MR) is 79.8 cm³/mol. The quantitative estimate of drug-likeness (QED) is 0.932.